The lowest BCUT2D eigenvalue weighted by Crippen LogP contribution is -2.18. The van der Waals surface area contributed by atoms with Gasteiger partial charge in [0.05, 0.1) is 16.6 Å². The van der Waals surface area contributed by atoms with Gasteiger partial charge in [-0.1, -0.05) is 43.5 Å². The molecule has 0 saturated heterocycles. The standard InChI is InChI=1S/C27H24N2O2/c30-26-18-10-4-6-12-22(18)28-23-14-21-25(15-20(23)26)29(16-17-8-2-1-3-9-17)24-13-7-5-11-19(24)27(21)31/h4-7,10-15,17H,1-3,8-9,16H2,(H,28,30). The molecule has 3 aromatic carbocycles. The maximum atomic E-state index is 13.4. The first-order valence-electron chi connectivity index (χ1n) is 11.2. The summed E-state index contributed by atoms with van der Waals surface area (Å²) in [6, 6.07) is 19.2. The Hall–Kier alpha value is -3.40. The second-order valence-electron chi connectivity index (χ2n) is 8.88. The average Bonchev–Trinajstić information content (AvgIpc) is 2.82. The third-order valence-electron chi connectivity index (χ3n) is 6.96. The smallest absolute Gasteiger partial charge is 0.197 e. The summed E-state index contributed by atoms with van der Waals surface area (Å²) < 4.78 is 2.29. The number of benzene rings is 3. The number of hydrogen-bond acceptors (Lipinski definition) is 2. The molecule has 5 aromatic rings. The molecule has 2 heterocycles. The van der Waals surface area contributed by atoms with Crippen LogP contribution in [0.1, 0.15) is 32.1 Å². The van der Waals surface area contributed by atoms with Gasteiger partial charge in [-0.15, -0.1) is 0 Å². The summed E-state index contributed by atoms with van der Waals surface area (Å²) in [6.07, 6.45) is 6.31. The van der Waals surface area contributed by atoms with E-state index in [-0.39, 0.29) is 10.9 Å². The zero-order valence-corrected chi connectivity index (χ0v) is 17.4. The number of fused-ring (bicyclic) bond motifs is 4. The summed E-state index contributed by atoms with van der Waals surface area (Å²) in [4.78, 5) is 30.1. The number of para-hydroxylation sites is 2. The Kier molecular flexibility index (Phi) is 4.20. The number of nitrogens with one attached hydrogen (secondary N) is 1. The van der Waals surface area contributed by atoms with Gasteiger partial charge in [0, 0.05) is 33.6 Å². The van der Waals surface area contributed by atoms with Gasteiger partial charge < -0.3 is 9.55 Å². The van der Waals surface area contributed by atoms with Gasteiger partial charge in [0.25, 0.3) is 0 Å². The molecule has 4 heteroatoms. The number of pyridine rings is 2. The van der Waals surface area contributed by atoms with E-state index in [2.05, 4.69) is 9.55 Å². The van der Waals surface area contributed by atoms with Crippen LogP contribution in [0.25, 0.3) is 43.6 Å². The predicted octanol–water partition coefficient (Wildman–Crippen LogP) is 5.73. The molecule has 154 valence electrons. The Morgan fingerprint density at radius 1 is 0.710 bits per heavy atom. The fraction of sp³-hybridized carbons (Fsp3) is 0.259. The summed E-state index contributed by atoms with van der Waals surface area (Å²) in [7, 11) is 0. The number of H-pyrrole nitrogens is 1. The normalized spacial score (nSPS) is 15.4. The third-order valence-corrected chi connectivity index (χ3v) is 6.96. The molecule has 0 amide bonds. The lowest BCUT2D eigenvalue weighted by molar-refractivity contribution is 0.325. The first-order chi connectivity index (χ1) is 15.2. The molecule has 31 heavy (non-hydrogen) atoms. The molecule has 0 spiro atoms. The summed E-state index contributed by atoms with van der Waals surface area (Å²) in [5.41, 5.74) is 3.37. The van der Waals surface area contributed by atoms with Gasteiger partial charge in [0.1, 0.15) is 0 Å². The molecule has 0 unspecified atom stereocenters. The van der Waals surface area contributed by atoms with Crippen LogP contribution in [0.2, 0.25) is 0 Å². The highest BCUT2D eigenvalue weighted by molar-refractivity contribution is 6.03. The lowest BCUT2D eigenvalue weighted by atomic mass is 9.89. The molecule has 1 fully saturated rings. The number of hydrogen-bond donors (Lipinski definition) is 1. The fourth-order valence-electron chi connectivity index (χ4n) is 5.37. The van der Waals surface area contributed by atoms with Crippen molar-refractivity contribution in [2.24, 2.45) is 5.92 Å². The molecule has 0 bridgehead atoms. The van der Waals surface area contributed by atoms with Gasteiger partial charge in [0.2, 0.25) is 0 Å². The van der Waals surface area contributed by atoms with Gasteiger partial charge in [-0.3, -0.25) is 9.59 Å². The van der Waals surface area contributed by atoms with Crippen molar-refractivity contribution in [1.29, 1.82) is 0 Å². The topological polar surface area (TPSA) is 54.9 Å². The Morgan fingerprint density at radius 3 is 2.26 bits per heavy atom. The maximum Gasteiger partial charge on any atom is 0.197 e. The molecule has 0 radical (unpaired) electrons. The molecule has 1 saturated carbocycles. The third kappa shape index (κ3) is 2.89. The van der Waals surface area contributed by atoms with E-state index in [1.807, 2.05) is 60.7 Å². The van der Waals surface area contributed by atoms with Gasteiger partial charge >= 0.3 is 0 Å². The molecule has 6 rings (SSSR count). The van der Waals surface area contributed by atoms with Crippen molar-refractivity contribution in [3.05, 3.63) is 81.1 Å². The first kappa shape index (κ1) is 18.4. The van der Waals surface area contributed by atoms with Crippen LogP contribution in [0.4, 0.5) is 0 Å². The quantitative estimate of drug-likeness (QED) is 0.379. The van der Waals surface area contributed by atoms with Crippen molar-refractivity contribution in [3.63, 3.8) is 0 Å². The SMILES string of the molecule is O=c1c2ccccc2[nH]c2cc3c(=O)c4ccccc4n(CC4CCCCC4)c3cc12. The van der Waals surface area contributed by atoms with E-state index >= 15 is 0 Å². The summed E-state index contributed by atoms with van der Waals surface area (Å²) in [5, 5.41) is 2.73. The van der Waals surface area contributed by atoms with Gasteiger partial charge in [-0.2, -0.15) is 0 Å². The number of aromatic nitrogens is 2. The van der Waals surface area contributed by atoms with Crippen molar-refractivity contribution in [1.82, 2.24) is 9.55 Å². The molecule has 1 N–H and O–H groups in total. The van der Waals surface area contributed by atoms with Crippen LogP contribution in [-0.4, -0.2) is 9.55 Å². The van der Waals surface area contributed by atoms with E-state index in [1.54, 1.807) is 0 Å². The Morgan fingerprint density at radius 2 is 1.42 bits per heavy atom. The van der Waals surface area contributed by atoms with Gasteiger partial charge in [-0.05, 0) is 55.2 Å². The van der Waals surface area contributed by atoms with Gasteiger partial charge in [-0.25, -0.2) is 0 Å². The molecule has 4 nitrogen and oxygen atoms in total. The van der Waals surface area contributed by atoms with E-state index in [4.69, 9.17) is 0 Å². The van der Waals surface area contributed by atoms with Crippen molar-refractivity contribution in [2.45, 2.75) is 38.6 Å². The highest BCUT2D eigenvalue weighted by atomic mass is 16.1. The molecular formula is C27H24N2O2. The molecule has 0 atom stereocenters. The van der Waals surface area contributed by atoms with Crippen molar-refractivity contribution < 1.29 is 0 Å². The highest BCUT2D eigenvalue weighted by Crippen LogP contribution is 2.29. The molecular weight excluding hydrogens is 384 g/mol. The molecule has 0 aliphatic heterocycles. The predicted molar refractivity (Wildman–Crippen MR) is 128 cm³/mol. The Labute approximate surface area is 179 Å². The molecule has 1 aliphatic carbocycles. The fourth-order valence-corrected chi connectivity index (χ4v) is 5.37. The van der Waals surface area contributed by atoms with Crippen molar-refractivity contribution >= 4 is 43.6 Å². The number of nitrogens with zero attached hydrogens (tertiary/aromatic N) is 1. The molecule has 2 aromatic heterocycles. The average molecular weight is 409 g/mol. The molecule has 1 aliphatic rings. The number of aromatic amines is 1. The minimum atomic E-state index is 0.0103. The second-order valence-corrected chi connectivity index (χ2v) is 8.88. The lowest BCUT2D eigenvalue weighted by Gasteiger charge is -2.25. The zero-order valence-electron chi connectivity index (χ0n) is 17.4. The highest BCUT2D eigenvalue weighted by Gasteiger charge is 2.19. The van der Waals surface area contributed by atoms with Crippen LogP contribution in [-0.2, 0) is 6.54 Å². The number of rotatable bonds is 2. The van der Waals surface area contributed by atoms with Crippen LogP contribution in [0.3, 0.4) is 0 Å². The van der Waals surface area contributed by atoms with Crippen LogP contribution < -0.4 is 10.9 Å². The summed E-state index contributed by atoms with van der Waals surface area (Å²) in [6.45, 7) is 0.883. The minimum Gasteiger partial charge on any atom is -0.354 e. The van der Waals surface area contributed by atoms with Gasteiger partial charge in [0.15, 0.2) is 10.9 Å². The summed E-state index contributed by atoms with van der Waals surface area (Å²) in [5.74, 6) is 0.605. The van der Waals surface area contributed by atoms with E-state index < -0.39 is 0 Å². The maximum absolute atomic E-state index is 13.4. The minimum absolute atomic E-state index is 0.0103. The van der Waals surface area contributed by atoms with Crippen molar-refractivity contribution in [2.75, 3.05) is 0 Å². The van der Waals surface area contributed by atoms with Crippen LogP contribution in [0.5, 0.6) is 0 Å². The zero-order chi connectivity index (χ0) is 20.9. The van der Waals surface area contributed by atoms with E-state index in [1.165, 1.54) is 32.1 Å². The monoisotopic (exact) mass is 408 g/mol. The van der Waals surface area contributed by atoms with Crippen LogP contribution in [0.15, 0.2) is 70.3 Å². The Balaban J connectivity index is 1.73. The van der Waals surface area contributed by atoms with E-state index in [0.29, 0.717) is 27.6 Å². The van der Waals surface area contributed by atoms with Crippen LogP contribution >= 0.6 is 0 Å². The second kappa shape index (κ2) is 7.09. The van der Waals surface area contributed by atoms with Crippen molar-refractivity contribution in [3.8, 4) is 0 Å². The largest absolute Gasteiger partial charge is 0.354 e. The van der Waals surface area contributed by atoms with E-state index in [0.717, 1.165) is 28.5 Å². The van der Waals surface area contributed by atoms with Crippen LogP contribution in [0, 0.1) is 5.92 Å². The Bertz CT molecular complexity index is 1590. The first-order valence-corrected chi connectivity index (χ1v) is 11.2. The van der Waals surface area contributed by atoms with E-state index in [9.17, 15) is 9.59 Å². The summed E-state index contributed by atoms with van der Waals surface area (Å²) >= 11 is 0.